The molecule has 1 aromatic rings. The van der Waals surface area contributed by atoms with Crippen LogP contribution >= 0.6 is 0 Å². The Kier molecular flexibility index (Phi) is 5.18. The Hall–Kier alpha value is -1.75. The van der Waals surface area contributed by atoms with Crippen LogP contribution in [-0.2, 0) is 0 Å². The van der Waals surface area contributed by atoms with Crippen LogP contribution in [0.2, 0.25) is 0 Å². The highest BCUT2D eigenvalue weighted by molar-refractivity contribution is 5.99. The largest absolute Gasteiger partial charge is 0.497 e. The number of methoxy groups -OCH3 is 1. The predicted octanol–water partition coefficient (Wildman–Crippen LogP) is 1.56. The van der Waals surface area contributed by atoms with Crippen molar-refractivity contribution < 1.29 is 14.6 Å². The summed E-state index contributed by atoms with van der Waals surface area (Å²) >= 11 is 0. The summed E-state index contributed by atoms with van der Waals surface area (Å²) in [6.45, 7) is 3.89. The summed E-state index contributed by atoms with van der Waals surface area (Å²) in [5.41, 5.74) is 6.16. The van der Waals surface area contributed by atoms with E-state index in [1.807, 2.05) is 13.8 Å². The molecule has 1 amide bonds. The molecule has 0 aliphatic rings. The molecule has 1 aromatic carbocycles. The van der Waals surface area contributed by atoms with E-state index < -0.39 is 5.54 Å². The van der Waals surface area contributed by atoms with E-state index in [0.29, 0.717) is 23.4 Å². The number of hydrogen-bond acceptors (Lipinski definition) is 4. The number of carbonyl (C=O) groups excluding carboxylic acids is 1. The number of nitrogens with two attached hydrogens (primary N) is 1. The van der Waals surface area contributed by atoms with Gasteiger partial charge in [0, 0.05) is 17.8 Å². The van der Waals surface area contributed by atoms with E-state index >= 15 is 0 Å². The second kappa shape index (κ2) is 6.43. The van der Waals surface area contributed by atoms with Crippen LogP contribution < -0.4 is 15.8 Å². The normalized spacial score (nSPS) is 13.7. The van der Waals surface area contributed by atoms with Crippen molar-refractivity contribution in [3.8, 4) is 5.75 Å². The molecule has 0 heterocycles. The van der Waals surface area contributed by atoms with Crippen LogP contribution in [0.3, 0.4) is 0 Å². The van der Waals surface area contributed by atoms with Gasteiger partial charge in [-0.3, -0.25) is 4.79 Å². The SMILES string of the molecule is CCC(C)(CCO)NC(=O)c1cc(OC)ccc1N. The molecule has 0 spiro atoms. The number of aliphatic hydroxyl groups is 1. The summed E-state index contributed by atoms with van der Waals surface area (Å²) in [6, 6.07) is 4.96. The van der Waals surface area contributed by atoms with Crippen molar-refractivity contribution in [2.45, 2.75) is 32.2 Å². The number of nitrogens with one attached hydrogen (secondary N) is 1. The zero-order chi connectivity index (χ0) is 14.5. The summed E-state index contributed by atoms with van der Waals surface area (Å²) < 4.78 is 5.09. The number of nitrogen functional groups attached to an aromatic ring is 1. The van der Waals surface area contributed by atoms with Crippen molar-refractivity contribution in [3.05, 3.63) is 23.8 Å². The standard InChI is InChI=1S/C14H22N2O3/c1-4-14(2,7-8-17)16-13(18)11-9-10(19-3)5-6-12(11)15/h5-6,9,17H,4,7-8,15H2,1-3H3,(H,16,18). The summed E-state index contributed by atoms with van der Waals surface area (Å²) in [5.74, 6) is 0.328. The first-order valence-electron chi connectivity index (χ1n) is 6.32. The highest BCUT2D eigenvalue weighted by Crippen LogP contribution is 2.21. The van der Waals surface area contributed by atoms with Gasteiger partial charge in [0.25, 0.3) is 5.91 Å². The fraction of sp³-hybridized carbons (Fsp3) is 0.500. The third kappa shape index (κ3) is 3.86. The second-order valence-corrected chi connectivity index (χ2v) is 4.80. The van der Waals surface area contributed by atoms with Crippen LogP contribution in [0.4, 0.5) is 5.69 Å². The van der Waals surface area contributed by atoms with Crippen LogP contribution in [0.25, 0.3) is 0 Å². The van der Waals surface area contributed by atoms with Crippen LogP contribution in [0.1, 0.15) is 37.0 Å². The van der Waals surface area contributed by atoms with Crippen molar-refractivity contribution >= 4 is 11.6 Å². The molecule has 19 heavy (non-hydrogen) atoms. The minimum atomic E-state index is -0.443. The van der Waals surface area contributed by atoms with E-state index in [0.717, 1.165) is 6.42 Å². The summed E-state index contributed by atoms with van der Waals surface area (Å²) in [4.78, 5) is 12.3. The summed E-state index contributed by atoms with van der Waals surface area (Å²) in [5, 5.41) is 12.0. The number of amides is 1. The minimum absolute atomic E-state index is 0.0260. The van der Waals surface area contributed by atoms with Crippen LogP contribution in [0, 0.1) is 0 Å². The Morgan fingerprint density at radius 1 is 1.53 bits per heavy atom. The first kappa shape index (κ1) is 15.3. The molecule has 0 bridgehead atoms. The van der Waals surface area contributed by atoms with Gasteiger partial charge in [-0.15, -0.1) is 0 Å². The van der Waals surface area contributed by atoms with Gasteiger partial charge < -0.3 is 20.9 Å². The highest BCUT2D eigenvalue weighted by atomic mass is 16.5. The molecule has 1 rings (SSSR count). The Labute approximate surface area is 113 Å². The lowest BCUT2D eigenvalue weighted by atomic mass is 9.94. The molecule has 0 aliphatic heterocycles. The van der Waals surface area contributed by atoms with Gasteiger partial charge >= 0.3 is 0 Å². The number of hydrogen-bond donors (Lipinski definition) is 3. The van der Waals surface area contributed by atoms with Crippen molar-refractivity contribution in [1.82, 2.24) is 5.32 Å². The van der Waals surface area contributed by atoms with Crippen LogP contribution in [0.5, 0.6) is 5.75 Å². The maximum Gasteiger partial charge on any atom is 0.253 e. The maximum atomic E-state index is 12.3. The molecule has 0 aromatic heterocycles. The lowest BCUT2D eigenvalue weighted by Crippen LogP contribution is -2.46. The maximum absolute atomic E-state index is 12.3. The molecule has 4 N–H and O–H groups in total. The van der Waals surface area contributed by atoms with E-state index in [-0.39, 0.29) is 12.5 Å². The topological polar surface area (TPSA) is 84.6 Å². The molecular weight excluding hydrogens is 244 g/mol. The van der Waals surface area contributed by atoms with Crippen molar-refractivity contribution in [2.24, 2.45) is 0 Å². The monoisotopic (exact) mass is 266 g/mol. The van der Waals surface area contributed by atoms with E-state index in [1.54, 1.807) is 18.2 Å². The van der Waals surface area contributed by atoms with E-state index in [2.05, 4.69) is 5.32 Å². The zero-order valence-corrected chi connectivity index (χ0v) is 11.7. The second-order valence-electron chi connectivity index (χ2n) is 4.80. The molecule has 0 radical (unpaired) electrons. The van der Waals surface area contributed by atoms with Crippen LogP contribution in [-0.4, -0.2) is 30.3 Å². The Morgan fingerprint density at radius 3 is 2.74 bits per heavy atom. The van der Waals surface area contributed by atoms with Gasteiger partial charge in [0.05, 0.1) is 12.7 Å². The smallest absolute Gasteiger partial charge is 0.253 e. The fourth-order valence-electron chi connectivity index (χ4n) is 1.77. The number of benzene rings is 1. The number of ether oxygens (including phenoxy) is 1. The molecular formula is C14H22N2O3. The van der Waals surface area contributed by atoms with Gasteiger partial charge in [0.15, 0.2) is 0 Å². The Balaban J connectivity index is 2.94. The quantitative estimate of drug-likeness (QED) is 0.682. The summed E-state index contributed by atoms with van der Waals surface area (Å²) in [6.07, 6.45) is 1.22. The number of carbonyl (C=O) groups is 1. The highest BCUT2D eigenvalue weighted by Gasteiger charge is 2.25. The Morgan fingerprint density at radius 2 is 2.21 bits per heavy atom. The first-order valence-corrected chi connectivity index (χ1v) is 6.32. The molecule has 0 saturated heterocycles. The van der Waals surface area contributed by atoms with Gasteiger partial charge in [-0.05, 0) is 38.0 Å². The zero-order valence-electron chi connectivity index (χ0n) is 11.7. The van der Waals surface area contributed by atoms with E-state index in [4.69, 9.17) is 15.6 Å². The molecule has 106 valence electrons. The fourth-order valence-corrected chi connectivity index (χ4v) is 1.77. The third-order valence-corrected chi connectivity index (χ3v) is 3.36. The molecule has 0 fully saturated rings. The first-order chi connectivity index (χ1) is 8.95. The van der Waals surface area contributed by atoms with Crippen LogP contribution in [0.15, 0.2) is 18.2 Å². The number of aliphatic hydroxyl groups excluding tert-OH is 1. The van der Waals surface area contributed by atoms with Crippen molar-refractivity contribution in [2.75, 3.05) is 19.5 Å². The lowest BCUT2D eigenvalue weighted by molar-refractivity contribution is 0.0886. The number of rotatable bonds is 6. The van der Waals surface area contributed by atoms with Gasteiger partial charge in [-0.2, -0.15) is 0 Å². The van der Waals surface area contributed by atoms with Gasteiger partial charge in [0.2, 0.25) is 0 Å². The molecule has 1 atom stereocenters. The molecule has 0 saturated carbocycles. The van der Waals surface area contributed by atoms with E-state index in [1.165, 1.54) is 7.11 Å². The van der Waals surface area contributed by atoms with Gasteiger partial charge in [-0.1, -0.05) is 6.92 Å². The third-order valence-electron chi connectivity index (χ3n) is 3.36. The predicted molar refractivity (Wildman–Crippen MR) is 75.3 cm³/mol. The average molecular weight is 266 g/mol. The lowest BCUT2D eigenvalue weighted by Gasteiger charge is -2.29. The van der Waals surface area contributed by atoms with E-state index in [9.17, 15) is 4.79 Å². The van der Waals surface area contributed by atoms with Gasteiger partial charge in [0.1, 0.15) is 5.75 Å². The Bertz CT molecular complexity index is 448. The molecule has 0 aliphatic carbocycles. The molecule has 5 nitrogen and oxygen atoms in total. The average Bonchev–Trinajstić information content (AvgIpc) is 2.39. The minimum Gasteiger partial charge on any atom is -0.497 e. The van der Waals surface area contributed by atoms with Crippen molar-refractivity contribution in [3.63, 3.8) is 0 Å². The number of anilines is 1. The van der Waals surface area contributed by atoms with Gasteiger partial charge in [-0.25, -0.2) is 0 Å². The molecule has 5 heteroatoms. The molecule has 1 unspecified atom stereocenters. The summed E-state index contributed by atoms with van der Waals surface area (Å²) in [7, 11) is 1.54. The van der Waals surface area contributed by atoms with Crippen molar-refractivity contribution in [1.29, 1.82) is 0 Å².